The standard InChI is InChI=1S/C15H14Cl2O2/c1-18-15-12(17)8-14(15)19-13-7-6-11(16)9-4-2-3-5-10(9)13/h2-7,12,14-15H,8H2,1H3. The molecule has 2 nitrogen and oxygen atoms in total. The monoisotopic (exact) mass is 296 g/mol. The molecule has 2 aromatic rings. The molecular formula is C15H14Cl2O2. The van der Waals surface area contributed by atoms with Crippen molar-refractivity contribution in [2.24, 2.45) is 0 Å². The molecule has 0 saturated heterocycles. The number of hydrogen-bond acceptors (Lipinski definition) is 2. The molecule has 100 valence electrons. The van der Waals surface area contributed by atoms with Crippen LogP contribution in [0.2, 0.25) is 5.02 Å². The SMILES string of the molecule is COC1C(Cl)CC1Oc1ccc(Cl)c2ccccc12. The summed E-state index contributed by atoms with van der Waals surface area (Å²) in [6, 6.07) is 11.7. The van der Waals surface area contributed by atoms with Gasteiger partial charge in [0.25, 0.3) is 0 Å². The van der Waals surface area contributed by atoms with E-state index in [2.05, 4.69) is 0 Å². The van der Waals surface area contributed by atoms with E-state index in [1.54, 1.807) is 7.11 Å². The van der Waals surface area contributed by atoms with Gasteiger partial charge < -0.3 is 9.47 Å². The van der Waals surface area contributed by atoms with E-state index in [4.69, 9.17) is 32.7 Å². The fourth-order valence-electron chi connectivity index (χ4n) is 2.44. The van der Waals surface area contributed by atoms with E-state index in [0.29, 0.717) is 0 Å². The fraction of sp³-hybridized carbons (Fsp3) is 0.333. The predicted molar refractivity (Wildman–Crippen MR) is 78.4 cm³/mol. The van der Waals surface area contributed by atoms with Crippen LogP contribution in [0, 0.1) is 0 Å². The molecule has 1 fully saturated rings. The zero-order valence-corrected chi connectivity index (χ0v) is 12.0. The molecule has 0 aliphatic heterocycles. The van der Waals surface area contributed by atoms with Crippen LogP contribution in [0.5, 0.6) is 5.75 Å². The second kappa shape index (κ2) is 5.20. The van der Waals surface area contributed by atoms with Crippen molar-refractivity contribution < 1.29 is 9.47 Å². The average molecular weight is 297 g/mol. The quantitative estimate of drug-likeness (QED) is 0.788. The summed E-state index contributed by atoms with van der Waals surface area (Å²) >= 11 is 12.3. The Morgan fingerprint density at radius 1 is 1.11 bits per heavy atom. The van der Waals surface area contributed by atoms with Gasteiger partial charge in [-0.3, -0.25) is 0 Å². The van der Waals surface area contributed by atoms with E-state index >= 15 is 0 Å². The summed E-state index contributed by atoms with van der Waals surface area (Å²) in [6.07, 6.45) is 0.769. The van der Waals surface area contributed by atoms with Crippen LogP contribution in [0.25, 0.3) is 10.8 Å². The number of halogens is 2. The molecule has 0 aromatic heterocycles. The number of rotatable bonds is 3. The lowest BCUT2D eigenvalue weighted by Gasteiger charge is -2.39. The second-order valence-corrected chi connectivity index (χ2v) is 5.67. The summed E-state index contributed by atoms with van der Waals surface area (Å²) < 4.78 is 11.4. The molecule has 3 rings (SSSR count). The molecule has 19 heavy (non-hydrogen) atoms. The number of benzene rings is 2. The minimum Gasteiger partial charge on any atom is -0.487 e. The van der Waals surface area contributed by atoms with Crippen molar-refractivity contribution in [1.29, 1.82) is 0 Å². The first-order valence-electron chi connectivity index (χ1n) is 6.21. The van der Waals surface area contributed by atoms with Gasteiger partial charge in [-0.25, -0.2) is 0 Å². The van der Waals surface area contributed by atoms with Gasteiger partial charge in [-0.2, -0.15) is 0 Å². The van der Waals surface area contributed by atoms with Gasteiger partial charge in [-0.15, -0.1) is 11.6 Å². The highest BCUT2D eigenvalue weighted by Gasteiger charge is 2.42. The van der Waals surface area contributed by atoms with Gasteiger partial charge in [0, 0.05) is 29.3 Å². The van der Waals surface area contributed by atoms with E-state index in [1.807, 2.05) is 36.4 Å². The third kappa shape index (κ3) is 2.29. The van der Waals surface area contributed by atoms with Crippen LogP contribution < -0.4 is 4.74 Å². The Labute approximate surface area is 122 Å². The van der Waals surface area contributed by atoms with Crippen molar-refractivity contribution >= 4 is 34.0 Å². The summed E-state index contributed by atoms with van der Waals surface area (Å²) in [5.74, 6) is 0.829. The van der Waals surface area contributed by atoms with E-state index in [1.165, 1.54) is 0 Å². The Hall–Kier alpha value is -0.960. The highest BCUT2D eigenvalue weighted by atomic mass is 35.5. The van der Waals surface area contributed by atoms with E-state index in [0.717, 1.165) is 28.0 Å². The number of fused-ring (bicyclic) bond motifs is 1. The highest BCUT2D eigenvalue weighted by molar-refractivity contribution is 6.35. The molecule has 0 N–H and O–H groups in total. The molecule has 3 atom stereocenters. The van der Waals surface area contributed by atoms with Crippen molar-refractivity contribution in [3.05, 3.63) is 41.4 Å². The number of ether oxygens (including phenoxy) is 2. The molecule has 0 bridgehead atoms. The molecule has 1 aliphatic rings. The molecule has 3 unspecified atom stereocenters. The van der Waals surface area contributed by atoms with Gasteiger partial charge in [0.15, 0.2) is 0 Å². The van der Waals surface area contributed by atoms with Gasteiger partial charge in [0.1, 0.15) is 18.0 Å². The smallest absolute Gasteiger partial charge is 0.128 e. The van der Waals surface area contributed by atoms with Crippen molar-refractivity contribution in [1.82, 2.24) is 0 Å². The van der Waals surface area contributed by atoms with Crippen molar-refractivity contribution in [3.8, 4) is 5.75 Å². The van der Waals surface area contributed by atoms with Crippen LogP contribution in [0.4, 0.5) is 0 Å². The Kier molecular flexibility index (Phi) is 3.57. The first kappa shape index (κ1) is 13.0. The first-order valence-corrected chi connectivity index (χ1v) is 7.03. The second-order valence-electron chi connectivity index (χ2n) is 4.70. The minimum atomic E-state index is -0.0453. The topological polar surface area (TPSA) is 18.5 Å². The van der Waals surface area contributed by atoms with E-state index < -0.39 is 0 Å². The maximum atomic E-state index is 6.19. The van der Waals surface area contributed by atoms with E-state index in [9.17, 15) is 0 Å². The van der Waals surface area contributed by atoms with Gasteiger partial charge in [-0.1, -0.05) is 35.9 Å². The number of hydrogen-bond donors (Lipinski definition) is 0. The Balaban J connectivity index is 1.92. The van der Waals surface area contributed by atoms with Crippen molar-refractivity contribution in [2.75, 3.05) is 7.11 Å². The number of alkyl halides is 1. The van der Waals surface area contributed by atoms with Gasteiger partial charge in [0.2, 0.25) is 0 Å². The normalized spacial score (nSPS) is 26.2. The van der Waals surface area contributed by atoms with Crippen LogP contribution >= 0.6 is 23.2 Å². The summed E-state index contributed by atoms with van der Waals surface area (Å²) in [7, 11) is 1.66. The van der Waals surface area contributed by atoms with Crippen LogP contribution in [0.3, 0.4) is 0 Å². The maximum Gasteiger partial charge on any atom is 0.128 e. The number of methoxy groups -OCH3 is 1. The van der Waals surface area contributed by atoms with Crippen LogP contribution in [-0.2, 0) is 4.74 Å². The fourth-order valence-corrected chi connectivity index (χ4v) is 3.11. The Bertz CT molecular complexity index is 600. The third-order valence-electron chi connectivity index (χ3n) is 3.56. The average Bonchev–Trinajstić information content (AvgIpc) is 2.41. The van der Waals surface area contributed by atoms with E-state index in [-0.39, 0.29) is 17.6 Å². The van der Waals surface area contributed by atoms with Crippen LogP contribution in [0.1, 0.15) is 6.42 Å². The van der Waals surface area contributed by atoms with Crippen molar-refractivity contribution in [3.63, 3.8) is 0 Å². The van der Waals surface area contributed by atoms with Gasteiger partial charge in [0.05, 0.1) is 5.38 Å². The lowest BCUT2D eigenvalue weighted by atomic mass is 9.91. The minimum absolute atomic E-state index is 0.0112. The highest BCUT2D eigenvalue weighted by Crippen LogP contribution is 2.36. The molecule has 0 spiro atoms. The van der Waals surface area contributed by atoms with Crippen LogP contribution in [-0.4, -0.2) is 24.7 Å². The molecule has 1 aliphatic carbocycles. The first-order chi connectivity index (χ1) is 9.20. The maximum absolute atomic E-state index is 6.19. The Morgan fingerprint density at radius 3 is 2.53 bits per heavy atom. The molecule has 0 amide bonds. The molecule has 2 aromatic carbocycles. The molecule has 0 radical (unpaired) electrons. The lowest BCUT2D eigenvalue weighted by Crippen LogP contribution is -2.52. The predicted octanol–water partition coefficient (Wildman–Crippen LogP) is 4.27. The van der Waals surface area contributed by atoms with Gasteiger partial charge >= 0.3 is 0 Å². The zero-order valence-electron chi connectivity index (χ0n) is 10.5. The summed E-state index contributed by atoms with van der Waals surface area (Å²) in [6.45, 7) is 0. The molecular weight excluding hydrogens is 283 g/mol. The largest absolute Gasteiger partial charge is 0.487 e. The summed E-state index contributed by atoms with van der Waals surface area (Å²) in [5.41, 5.74) is 0. The lowest BCUT2D eigenvalue weighted by molar-refractivity contribution is -0.0577. The summed E-state index contributed by atoms with van der Waals surface area (Å²) in [4.78, 5) is 0. The Morgan fingerprint density at radius 2 is 1.84 bits per heavy atom. The van der Waals surface area contributed by atoms with Crippen LogP contribution in [0.15, 0.2) is 36.4 Å². The molecule has 4 heteroatoms. The summed E-state index contributed by atoms with van der Waals surface area (Å²) in [5, 5.41) is 2.78. The molecule has 0 heterocycles. The third-order valence-corrected chi connectivity index (χ3v) is 4.32. The van der Waals surface area contributed by atoms with Crippen molar-refractivity contribution in [2.45, 2.75) is 24.0 Å². The van der Waals surface area contributed by atoms with Gasteiger partial charge in [-0.05, 0) is 12.1 Å². The zero-order chi connectivity index (χ0) is 13.4. The molecule has 1 saturated carbocycles.